The number of carbonyl (C=O) groups is 2. The van der Waals surface area contributed by atoms with E-state index >= 15 is 0 Å². The second kappa shape index (κ2) is 9.83. The second-order valence-corrected chi connectivity index (χ2v) is 7.65. The molecule has 2 heterocycles. The summed E-state index contributed by atoms with van der Waals surface area (Å²) in [7, 11) is 0. The van der Waals surface area contributed by atoms with Crippen LogP contribution in [0.4, 0.5) is 4.39 Å². The minimum atomic E-state index is -0.310. The number of amides is 2. The van der Waals surface area contributed by atoms with Gasteiger partial charge in [0, 0.05) is 31.6 Å². The first-order valence-corrected chi connectivity index (χ1v) is 10.1. The third-order valence-electron chi connectivity index (χ3n) is 5.59. The molecule has 6 heteroatoms. The number of halogens is 1. The smallest absolute Gasteiger partial charge is 0.224 e. The fraction of sp³-hybridized carbons (Fsp3) is 0.619. The highest BCUT2D eigenvalue weighted by atomic mass is 19.1. The van der Waals surface area contributed by atoms with Crippen LogP contribution in [0.2, 0.25) is 0 Å². The Hall–Kier alpha value is -1.95. The van der Waals surface area contributed by atoms with Crippen LogP contribution >= 0.6 is 0 Å². The molecule has 2 aliphatic heterocycles. The van der Waals surface area contributed by atoms with Crippen LogP contribution in [-0.4, -0.2) is 54.3 Å². The van der Waals surface area contributed by atoms with Gasteiger partial charge >= 0.3 is 0 Å². The molecule has 0 radical (unpaired) electrons. The predicted molar refractivity (Wildman–Crippen MR) is 102 cm³/mol. The number of hydrogen-bond acceptors (Lipinski definition) is 3. The highest BCUT2D eigenvalue weighted by Gasteiger charge is 2.30. The van der Waals surface area contributed by atoms with E-state index in [2.05, 4.69) is 10.2 Å². The molecule has 2 amide bonds. The lowest BCUT2D eigenvalue weighted by Gasteiger charge is -2.32. The summed E-state index contributed by atoms with van der Waals surface area (Å²) < 4.78 is 13.9. The first-order valence-electron chi connectivity index (χ1n) is 10.1. The first-order chi connectivity index (χ1) is 13.1. The van der Waals surface area contributed by atoms with Gasteiger partial charge in [-0.3, -0.25) is 9.59 Å². The van der Waals surface area contributed by atoms with E-state index in [0.29, 0.717) is 31.5 Å². The molecule has 0 saturated carbocycles. The number of unbranched alkanes of at least 4 members (excludes halogenated alkanes) is 1. The molecule has 0 unspecified atom stereocenters. The standard InChI is InChI=1S/C21H30FN3O2/c22-19-8-2-1-7-17(19)15-25-16-18(9-10-20(25)26)21(27)23-11-3-4-12-24-13-5-6-14-24/h1-2,7-8,18H,3-6,9-16H2,(H,23,27)/t18-/m0/s1. The highest BCUT2D eigenvalue weighted by molar-refractivity contribution is 5.83. The molecule has 1 N–H and O–H groups in total. The van der Waals surface area contributed by atoms with Crippen molar-refractivity contribution in [2.75, 3.05) is 32.7 Å². The Morgan fingerprint density at radius 2 is 1.96 bits per heavy atom. The van der Waals surface area contributed by atoms with E-state index in [4.69, 9.17) is 0 Å². The van der Waals surface area contributed by atoms with Gasteiger partial charge in [-0.05, 0) is 57.8 Å². The summed E-state index contributed by atoms with van der Waals surface area (Å²) in [5.74, 6) is -0.502. The van der Waals surface area contributed by atoms with E-state index in [-0.39, 0.29) is 30.1 Å². The topological polar surface area (TPSA) is 52.7 Å². The normalized spacial score (nSPS) is 20.9. The summed E-state index contributed by atoms with van der Waals surface area (Å²) in [5.41, 5.74) is 0.494. The van der Waals surface area contributed by atoms with Crippen LogP contribution in [0.15, 0.2) is 24.3 Å². The van der Waals surface area contributed by atoms with Crippen molar-refractivity contribution in [3.8, 4) is 0 Å². The molecule has 2 fully saturated rings. The molecule has 0 spiro atoms. The number of rotatable bonds is 8. The molecule has 27 heavy (non-hydrogen) atoms. The van der Waals surface area contributed by atoms with Crippen molar-refractivity contribution >= 4 is 11.8 Å². The van der Waals surface area contributed by atoms with Crippen molar-refractivity contribution in [2.45, 2.75) is 45.1 Å². The molecule has 0 bridgehead atoms. The summed E-state index contributed by atoms with van der Waals surface area (Å²) in [6, 6.07) is 6.48. The zero-order valence-corrected chi connectivity index (χ0v) is 16.0. The Kier molecular flexibility index (Phi) is 7.21. The van der Waals surface area contributed by atoms with E-state index in [1.807, 2.05) is 0 Å². The Morgan fingerprint density at radius 3 is 2.74 bits per heavy atom. The zero-order valence-electron chi connectivity index (χ0n) is 16.0. The van der Waals surface area contributed by atoms with Gasteiger partial charge in [0.1, 0.15) is 5.82 Å². The van der Waals surface area contributed by atoms with Crippen molar-refractivity contribution in [1.82, 2.24) is 15.1 Å². The van der Waals surface area contributed by atoms with Crippen molar-refractivity contribution in [3.63, 3.8) is 0 Å². The SMILES string of the molecule is O=C(NCCCCN1CCCC1)[C@H]1CCC(=O)N(Cc2ccccc2F)C1. The van der Waals surface area contributed by atoms with Crippen LogP contribution in [0.1, 0.15) is 44.1 Å². The lowest BCUT2D eigenvalue weighted by Crippen LogP contribution is -2.45. The van der Waals surface area contributed by atoms with Crippen molar-refractivity contribution in [1.29, 1.82) is 0 Å². The van der Waals surface area contributed by atoms with E-state index in [1.165, 1.54) is 32.0 Å². The van der Waals surface area contributed by atoms with Gasteiger partial charge in [0.15, 0.2) is 0 Å². The fourth-order valence-electron chi connectivity index (χ4n) is 3.94. The number of likely N-dealkylation sites (tertiary alicyclic amines) is 2. The van der Waals surface area contributed by atoms with Gasteiger partial charge in [-0.15, -0.1) is 0 Å². The number of piperidine rings is 1. The van der Waals surface area contributed by atoms with E-state index in [0.717, 1.165) is 19.4 Å². The molecule has 2 aliphatic rings. The molecule has 148 valence electrons. The number of nitrogens with zero attached hydrogens (tertiary/aromatic N) is 2. The minimum Gasteiger partial charge on any atom is -0.356 e. The van der Waals surface area contributed by atoms with Crippen LogP contribution in [-0.2, 0) is 16.1 Å². The van der Waals surface area contributed by atoms with Crippen LogP contribution in [0, 0.1) is 11.7 Å². The van der Waals surface area contributed by atoms with Crippen LogP contribution in [0.25, 0.3) is 0 Å². The van der Waals surface area contributed by atoms with Gasteiger partial charge in [-0.2, -0.15) is 0 Å². The number of hydrogen-bond donors (Lipinski definition) is 1. The lowest BCUT2D eigenvalue weighted by molar-refractivity contribution is -0.138. The molecule has 1 atom stereocenters. The summed E-state index contributed by atoms with van der Waals surface area (Å²) in [6.07, 6.45) is 5.62. The first kappa shape index (κ1) is 19.8. The van der Waals surface area contributed by atoms with Crippen molar-refractivity contribution in [3.05, 3.63) is 35.6 Å². The summed E-state index contributed by atoms with van der Waals surface area (Å²) in [5, 5.41) is 3.02. The average molecular weight is 375 g/mol. The van der Waals surface area contributed by atoms with Gasteiger partial charge in [-0.1, -0.05) is 18.2 Å². The second-order valence-electron chi connectivity index (χ2n) is 7.65. The van der Waals surface area contributed by atoms with Gasteiger partial charge in [0.2, 0.25) is 11.8 Å². The maximum atomic E-state index is 13.9. The summed E-state index contributed by atoms with van der Waals surface area (Å²) in [4.78, 5) is 28.7. The van der Waals surface area contributed by atoms with Crippen molar-refractivity contribution < 1.29 is 14.0 Å². The zero-order chi connectivity index (χ0) is 19.1. The number of carbonyl (C=O) groups excluding carboxylic acids is 2. The number of nitrogens with one attached hydrogen (secondary N) is 1. The van der Waals surface area contributed by atoms with Gasteiger partial charge < -0.3 is 15.1 Å². The Balaban J connectivity index is 1.40. The molecule has 5 nitrogen and oxygen atoms in total. The molecule has 0 aliphatic carbocycles. The third kappa shape index (κ3) is 5.76. The van der Waals surface area contributed by atoms with Gasteiger partial charge in [0.05, 0.1) is 5.92 Å². The largest absolute Gasteiger partial charge is 0.356 e. The van der Waals surface area contributed by atoms with Gasteiger partial charge in [0.25, 0.3) is 0 Å². The average Bonchev–Trinajstić information content (AvgIpc) is 3.18. The van der Waals surface area contributed by atoms with E-state index < -0.39 is 0 Å². The Labute approximate surface area is 160 Å². The molecule has 3 rings (SSSR count). The molecular formula is C21H30FN3O2. The quantitative estimate of drug-likeness (QED) is 0.711. The Bertz CT molecular complexity index is 646. The van der Waals surface area contributed by atoms with Crippen molar-refractivity contribution in [2.24, 2.45) is 5.92 Å². The number of benzene rings is 1. The van der Waals surface area contributed by atoms with E-state index in [9.17, 15) is 14.0 Å². The summed E-state index contributed by atoms with van der Waals surface area (Å²) >= 11 is 0. The van der Waals surface area contributed by atoms with Crippen LogP contribution in [0.3, 0.4) is 0 Å². The fourth-order valence-corrected chi connectivity index (χ4v) is 3.94. The minimum absolute atomic E-state index is 0.00656. The predicted octanol–water partition coefficient (Wildman–Crippen LogP) is 2.56. The molecule has 0 aromatic heterocycles. The lowest BCUT2D eigenvalue weighted by atomic mass is 9.96. The maximum Gasteiger partial charge on any atom is 0.224 e. The Morgan fingerprint density at radius 1 is 1.19 bits per heavy atom. The molecule has 1 aromatic rings. The molecule has 2 saturated heterocycles. The highest BCUT2D eigenvalue weighted by Crippen LogP contribution is 2.21. The monoisotopic (exact) mass is 375 g/mol. The van der Waals surface area contributed by atoms with E-state index in [1.54, 1.807) is 23.1 Å². The third-order valence-corrected chi connectivity index (χ3v) is 5.59. The van der Waals surface area contributed by atoms with Crippen LogP contribution < -0.4 is 5.32 Å². The molecular weight excluding hydrogens is 345 g/mol. The van der Waals surface area contributed by atoms with Gasteiger partial charge in [-0.25, -0.2) is 4.39 Å². The summed E-state index contributed by atoms with van der Waals surface area (Å²) in [6.45, 7) is 4.81. The van der Waals surface area contributed by atoms with Crippen LogP contribution in [0.5, 0.6) is 0 Å². The molecule has 1 aromatic carbocycles. The maximum absolute atomic E-state index is 13.9.